The number of esters is 1. The fraction of sp³-hybridized carbons (Fsp3) is 0.250. The van der Waals surface area contributed by atoms with E-state index in [4.69, 9.17) is 19.3 Å². The molecule has 0 aliphatic heterocycles. The molecule has 0 atom stereocenters. The highest BCUT2D eigenvalue weighted by atomic mass is 16.5. The number of hydrogen-bond acceptors (Lipinski definition) is 5. The fourth-order valence-corrected chi connectivity index (χ4v) is 4.16. The molecule has 0 fully saturated rings. The monoisotopic (exact) mass is 459 g/mol. The molecule has 4 rings (SSSR count). The van der Waals surface area contributed by atoms with Gasteiger partial charge in [0.1, 0.15) is 0 Å². The molecule has 4 aromatic rings. The third-order valence-corrected chi connectivity index (χ3v) is 5.68. The van der Waals surface area contributed by atoms with Crippen LogP contribution in [0.1, 0.15) is 10.4 Å². The van der Waals surface area contributed by atoms with Gasteiger partial charge in [0.15, 0.2) is 0 Å². The first-order chi connectivity index (χ1) is 16.7. The SMILES string of the molecule is COC(=O)c1ccc(-c2c(-c3ccccc3)n(CCOCCOCCO)c3ccccc23)cc1. The molecule has 0 aliphatic rings. The van der Waals surface area contributed by atoms with Crippen molar-refractivity contribution in [2.24, 2.45) is 0 Å². The van der Waals surface area contributed by atoms with Crippen LogP contribution in [-0.4, -0.2) is 55.8 Å². The lowest BCUT2D eigenvalue weighted by Gasteiger charge is -2.14. The van der Waals surface area contributed by atoms with Crippen LogP contribution >= 0.6 is 0 Å². The van der Waals surface area contributed by atoms with Crippen LogP contribution in [0.5, 0.6) is 0 Å². The van der Waals surface area contributed by atoms with Crippen molar-refractivity contribution in [2.45, 2.75) is 6.54 Å². The van der Waals surface area contributed by atoms with Crippen molar-refractivity contribution in [1.82, 2.24) is 4.57 Å². The highest BCUT2D eigenvalue weighted by molar-refractivity contribution is 6.05. The maximum atomic E-state index is 11.9. The Balaban J connectivity index is 1.74. The molecule has 176 valence electrons. The first-order valence-corrected chi connectivity index (χ1v) is 11.4. The molecule has 0 saturated heterocycles. The summed E-state index contributed by atoms with van der Waals surface area (Å²) < 4.78 is 18.2. The number of aliphatic hydroxyl groups is 1. The van der Waals surface area contributed by atoms with Crippen LogP contribution in [-0.2, 0) is 20.8 Å². The van der Waals surface area contributed by atoms with Crippen LogP contribution in [0.4, 0.5) is 0 Å². The van der Waals surface area contributed by atoms with E-state index in [0.717, 1.165) is 33.3 Å². The number of ether oxygens (including phenoxy) is 3. The summed E-state index contributed by atoms with van der Waals surface area (Å²) in [6.07, 6.45) is 0. The Labute approximate surface area is 199 Å². The predicted octanol–water partition coefficient (Wildman–Crippen LogP) is 4.79. The molecule has 0 saturated carbocycles. The Morgan fingerprint density at radius 3 is 2.18 bits per heavy atom. The van der Waals surface area contributed by atoms with Crippen LogP contribution in [0.3, 0.4) is 0 Å². The van der Waals surface area contributed by atoms with E-state index in [-0.39, 0.29) is 12.6 Å². The Morgan fingerprint density at radius 1 is 0.794 bits per heavy atom. The molecule has 3 aromatic carbocycles. The fourth-order valence-electron chi connectivity index (χ4n) is 4.16. The third-order valence-electron chi connectivity index (χ3n) is 5.68. The highest BCUT2D eigenvalue weighted by Gasteiger charge is 2.20. The summed E-state index contributed by atoms with van der Waals surface area (Å²) in [7, 11) is 1.39. The molecule has 1 heterocycles. The minimum Gasteiger partial charge on any atom is -0.465 e. The molecule has 0 unspecified atom stereocenters. The van der Waals surface area contributed by atoms with Crippen molar-refractivity contribution >= 4 is 16.9 Å². The number of aliphatic hydroxyl groups excluding tert-OH is 1. The number of aromatic nitrogens is 1. The molecule has 6 heteroatoms. The van der Waals surface area contributed by atoms with Crippen molar-refractivity contribution in [3.63, 3.8) is 0 Å². The molecular formula is C28H29NO5. The van der Waals surface area contributed by atoms with Crippen LogP contribution in [0.25, 0.3) is 33.3 Å². The minimum absolute atomic E-state index is 0.0131. The second-order valence-electron chi connectivity index (χ2n) is 7.78. The number of rotatable bonds is 11. The molecule has 1 N–H and O–H groups in total. The van der Waals surface area contributed by atoms with Crippen molar-refractivity contribution in [1.29, 1.82) is 0 Å². The summed E-state index contributed by atoms with van der Waals surface area (Å²) in [6, 6.07) is 26.2. The van der Waals surface area contributed by atoms with Crippen molar-refractivity contribution < 1.29 is 24.1 Å². The number of nitrogens with zero attached hydrogens (tertiary/aromatic N) is 1. The van der Waals surface area contributed by atoms with Crippen molar-refractivity contribution in [3.05, 3.63) is 84.4 Å². The normalized spacial score (nSPS) is 11.1. The lowest BCUT2D eigenvalue weighted by Crippen LogP contribution is -2.12. The smallest absolute Gasteiger partial charge is 0.337 e. The Hall–Kier alpha value is -3.45. The summed E-state index contributed by atoms with van der Waals surface area (Å²) in [5.74, 6) is -0.350. The van der Waals surface area contributed by atoms with Crippen LogP contribution in [0.15, 0.2) is 78.9 Å². The summed E-state index contributed by atoms with van der Waals surface area (Å²) in [5, 5.41) is 9.95. The standard InChI is InChI=1S/C28H29NO5/c1-32-28(31)23-13-11-21(12-14-23)26-24-9-5-6-10-25(24)29(15-17-33-19-20-34-18-16-30)27(26)22-7-3-2-4-8-22/h2-14,30H,15-20H2,1H3. The van der Waals surface area contributed by atoms with E-state index < -0.39 is 0 Å². The van der Waals surface area contributed by atoms with Gasteiger partial charge in [-0.3, -0.25) is 0 Å². The Bertz CT molecular complexity index is 1220. The zero-order chi connectivity index (χ0) is 23.8. The molecule has 0 spiro atoms. The second kappa shape index (κ2) is 11.6. The quantitative estimate of drug-likeness (QED) is 0.258. The third kappa shape index (κ3) is 5.20. The lowest BCUT2D eigenvalue weighted by molar-refractivity contribution is 0.0312. The van der Waals surface area contributed by atoms with Gasteiger partial charge in [-0.1, -0.05) is 60.7 Å². The van der Waals surface area contributed by atoms with Gasteiger partial charge in [-0.15, -0.1) is 0 Å². The summed E-state index contributed by atoms with van der Waals surface area (Å²) >= 11 is 0. The zero-order valence-corrected chi connectivity index (χ0v) is 19.3. The molecular weight excluding hydrogens is 430 g/mol. The van der Waals surface area contributed by atoms with Crippen molar-refractivity contribution in [3.8, 4) is 22.4 Å². The first kappa shape index (κ1) is 23.7. The molecule has 0 radical (unpaired) electrons. The van der Waals surface area contributed by atoms with E-state index in [1.165, 1.54) is 7.11 Å². The largest absolute Gasteiger partial charge is 0.465 e. The van der Waals surface area contributed by atoms with E-state index in [9.17, 15) is 4.79 Å². The second-order valence-corrected chi connectivity index (χ2v) is 7.78. The highest BCUT2D eigenvalue weighted by Crippen LogP contribution is 2.41. The van der Waals surface area contributed by atoms with Gasteiger partial charge in [-0.25, -0.2) is 4.79 Å². The minimum atomic E-state index is -0.350. The van der Waals surface area contributed by atoms with E-state index in [2.05, 4.69) is 28.8 Å². The molecule has 1 aromatic heterocycles. The van der Waals surface area contributed by atoms with Gasteiger partial charge in [0.25, 0.3) is 0 Å². The maximum absolute atomic E-state index is 11.9. The lowest BCUT2D eigenvalue weighted by atomic mass is 9.97. The van der Waals surface area contributed by atoms with Gasteiger partial charge < -0.3 is 23.9 Å². The number of methoxy groups -OCH3 is 1. The average molecular weight is 460 g/mol. The summed E-state index contributed by atoms with van der Waals surface area (Å²) in [5.41, 5.74) is 6.00. The van der Waals surface area contributed by atoms with Crippen LogP contribution in [0.2, 0.25) is 0 Å². The van der Waals surface area contributed by atoms with Crippen molar-refractivity contribution in [2.75, 3.05) is 40.1 Å². The van der Waals surface area contributed by atoms with Gasteiger partial charge in [0, 0.05) is 23.0 Å². The number of carbonyl (C=O) groups excluding carboxylic acids is 1. The van der Waals surface area contributed by atoms with Gasteiger partial charge in [0.05, 0.1) is 51.4 Å². The topological polar surface area (TPSA) is 69.9 Å². The average Bonchev–Trinajstić information content (AvgIpc) is 3.22. The van der Waals surface area contributed by atoms with E-state index in [0.29, 0.717) is 38.5 Å². The molecule has 0 aliphatic carbocycles. The number of hydrogen-bond donors (Lipinski definition) is 1. The van der Waals surface area contributed by atoms with E-state index >= 15 is 0 Å². The zero-order valence-electron chi connectivity index (χ0n) is 19.3. The molecule has 6 nitrogen and oxygen atoms in total. The summed E-state index contributed by atoms with van der Waals surface area (Å²) in [6.45, 7) is 2.46. The molecule has 0 amide bonds. The Morgan fingerprint density at radius 2 is 1.47 bits per heavy atom. The number of fused-ring (bicyclic) bond motifs is 1. The summed E-state index contributed by atoms with van der Waals surface area (Å²) in [4.78, 5) is 11.9. The maximum Gasteiger partial charge on any atom is 0.337 e. The van der Waals surface area contributed by atoms with Crippen LogP contribution in [0, 0.1) is 0 Å². The van der Waals surface area contributed by atoms with E-state index in [1.807, 2.05) is 42.5 Å². The van der Waals surface area contributed by atoms with E-state index in [1.54, 1.807) is 12.1 Å². The number of para-hydroxylation sites is 1. The van der Waals surface area contributed by atoms with Gasteiger partial charge in [-0.05, 0) is 29.3 Å². The number of benzene rings is 3. The number of carbonyl (C=O) groups is 1. The molecule has 34 heavy (non-hydrogen) atoms. The van der Waals surface area contributed by atoms with Gasteiger partial charge in [-0.2, -0.15) is 0 Å². The molecule has 0 bridgehead atoms. The first-order valence-electron chi connectivity index (χ1n) is 11.4. The van der Waals surface area contributed by atoms with Gasteiger partial charge in [0.2, 0.25) is 0 Å². The van der Waals surface area contributed by atoms with Gasteiger partial charge >= 0.3 is 5.97 Å². The van der Waals surface area contributed by atoms with Crippen LogP contribution < -0.4 is 0 Å². The predicted molar refractivity (Wildman–Crippen MR) is 133 cm³/mol. The Kier molecular flexibility index (Phi) is 8.09.